The molecule has 0 unspecified atom stereocenters. The van der Waals surface area contributed by atoms with Crippen molar-refractivity contribution in [3.8, 4) is 11.8 Å². The molecule has 0 atom stereocenters. The maximum Gasteiger partial charge on any atom is 0.193 e. The highest BCUT2D eigenvalue weighted by Gasteiger charge is 1.85. The third kappa shape index (κ3) is 2.45. The zero-order valence-electron chi connectivity index (χ0n) is 5.67. The van der Waals surface area contributed by atoms with Crippen molar-refractivity contribution < 1.29 is 4.79 Å². The van der Waals surface area contributed by atoms with Gasteiger partial charge in [0, 0.05) is 10.6 Å². The minimum Gasteiger partial charge on any atom is -0.289 e. The average molecular weight is 165 g/mol. The lowest BCUT2D eigenvalue weighted by Crippen LogP contribution is -1.72. The van der Waals surface area contributed by atoms with Crippen LogP contribution in [0.4, 0.5) is 0 Å². The second-order valence-corrected chi connectivity index (χ2v) is 2.33. The fourth-order valence-corrected chi connectivity index (χ4v) is 0.772. The molecule has 0 radical (unpaired) electrons. The summed E-state index contributed by atoms with van der Waals surface area (Å²) >= 11 is 5.63. The molecule has 0 heterocycles. The normalized spacial score (nSPS) is 8.09. The molecule has 0 spiro atoms. The van der Waals surface area contributed by atoms with Gasteiger partial charge in [0.1, 0.15) is 0 Å². The molecule has 0 bridgehead atoms. The van der Waals surface area contributed by atoms with Crippen molar-refractivity contribution in [2.75, 3.05) is 0 Å². The predicted molar refractivity (Wildman–Crippen MR) is 44.4 cm³/mol. The predicted octanol–water partition coefficient (Wildman–Crippen LogP) is 1.89. The lowest BCUT2D eigenvalue weighted by Gasteiger charge is -1.88. The Bertz CT molecular complexity index is 303. The molecule has 0 aliphatic carbocycles. The summed E-state index contributed by atoms with van der Waals surface area (Å²) < 4.78 is 0. The highest BCUT2D eigenvalue weighted by molar-refractivity contribution is 6.30. The van der Waals surface area contributed by atoms with Crippen LogP contribution in [0.15, 0.2) is 24.3 Å². The first-order valence-corrected chi connectivity index (χ1v) is 3.41. The van der Waals surface area contributed by atoms with Crippen LogP contribution in [-0.4, -0.2) is 6.29 Å². The van der Waals surface area contributed by atoms with Gasteiger partial charge in [0.25, 0.3) is 0 Å². The molecule has 11 heavy (non-hydrogen) atoms. The molecular formula is C9H5ClO. The average Bonchev–Trinajstić information content (AvgIpc) is 2.04. The van der Waals surface area contributed by atoms with Gasteiger partial charge in [0.05, 0.1) is 0 Å². The van der Waals surface area contributed by atoms with E-state index in [1.165, 1.54) is 0 Å². The zero-order chi connectivity index (χ0) is 8.10. The van der Waals surface area contributed by atoms with E-state index in [1.807, 2.05) is 0 Å². The summed E-state index contributed by atoms with van der Waals surface area (Å²) in [5.74, 6) is 4.96. The van der Waals surface area contributed by atoms with Gasteiger partial charge in [0.2, 0.25) is 0 Å². The molecule has 54 valence electrons. The fraction of sp³-hybridized carbons (Fsp3) is 0. The fourth-order valence-electron chi connectivity index (χ4n) is 0.646. The number of aldehydes is 1. The van der Waals surface area contributed by atoms with Gasteiger partial charge in [-0.05, 0) is 30.2 Å². The van der Waals surface area contributed by atoms with Crippen LogP contribution < -0.4 is 0 Å². The summed E-state index contributed by atoms with van der Waals surface area (Å²) in [4.78, 5) is 9.85. The second-order valence-electron chi connectivity index (χ2n) is 1.89. The number of hydrogen-bond acceptors (Lipinski definition) is 1. The van der Waals surface area contributed by atoms with E-state index in [0.29, 0.717) is 11.3 Å². The second kappa shape index (κ2) is 3.80. The van der Waals surface area contributed by atoms with Crippen molar-refractivity contribution in [2.24, 2.45) is 0 Å². The summed E-state index contributed by atoms with van der Waals surface area (Å²) in [5.41, 5.74) is 0.793. The lowest BCUT2D eigenvalue weighted by atomic mass is 10.2. The molecule has 0 saturated heterocycles. The van der Waals surface area contributed by atoms with Gasteiger partial charge in [-0.25, -0.2) is 0 Å². The summed E-state index contributed by atoms with van der Waals surface area (Å²) in [5, 5.41) is 0.668. The van der Waals surface area contributed by atoms with Crippen LogP contribution in [0.25, 0.3) is 0 Å². The van der Waals surface area contributed by atoms with Gasteiger partial charge in [-0.3, -0.25) is 4.79 Å². The monoisotopic (exact) mass is 164 g/mol. The molecule has 0 aliphatic heterocycles. The molecule has 1 nitrogen and oxygen atoms in total. The van der Waals surface area contributed by atoms with E-state index in [9.17, 15) is 4.79 Å². The van der Waals surface area contributed by atoms with Crippen LogP contribution in [0.1, 0.15) is 5.56 Å². The quantitative estimate of drug-likeness (QED) is 0.423. The zero-order valence-corrected chi connectivity index (χ0v) is 6.43. The smallest absolute Gasteiger partial charge is 0.193 e. The molecule has 0 saturated carbocycles. The van der Waals surface area contributed by atoms with Crippen molar-refractivity contribution in [3.63, 3.8) is 0 Å². The summed E-state index contributed by atoms with van der Waals surface area (Å²) in [7, 11) is 0. The third-order valence-electron chi connectivity index (χ3n) is 1.12. The van der Waals surface area contributed by atoms with Gasteiger partial charge in [-0.2, -0.15) is 0 Å². The molecular weight excluding hydrogens is 160 g/mol. The first-order valence-electron chi connectivity index (χ1n) is 3.03. The molecule has 0 amide bonds. The first-order chi connectivity index (χ1) is 5.33. The van der Waals surface area contributed by atoms with Crippen LogP contribution in [0.5, 0.6) is 0 Å². The Labute approximate surface area is 70.0 Å². The number of hydrogen-bond donors (Lipinski definition) is 0. The standard InChI is InChI=1S/C9H5ClO/c10-9-5-3-8(4-6-9)2-1-7-11/h3-7H. The van der Waals surface area contributed by atoms with Crippen LogP contribution >= 0.6 is 11.6 Å². The topological polar surface area (TPSA) is 17.1 Å². The van der Waals surface area contributed by atoms with E-state index < -0.39 is 0 Å². The van der Waals surface area contributed by atoms with E-state index >= 15 is 0 Å². The largest absolute Gasteiger partial charge is 0.289 e. The Morgan fingerprint density at radius 3 is 2.45 bits per heavy atom. The summed E-state index contributed by atoms with van der Waals surface area (Å²) in [6.07, 6.45) is 0.564. The van der Waals surface area contributed by atoms with Crippen molar-refractivity contribution >= 4 is 17.9 Å². The van der Waals surface area contributed by atoms with Crippen LogP contribution in [0.2, 0.25) is 5.02 Å². The van der Waals surface area contributed by atoms with Crippen molar-refractivity contribution in [3.05, 3.63) is 34.9 Å². The van der Waals surface area contributed by atoms with E-state index in [-0.39, 0.29) is 0 Å². The summed E-state index contributed by atoms with van der Waals surface area (Å²) in [6, 6.07) is 6.99. The molecule has 2 heteroatoms. The highest BCUT2D eigenvalue weighted by atomic mass is 35.5. The van der Waals surface area contributed by atoms with Crippen molar-refractivity contribution in [1.29, 1.82) is 0 Å². The van der Waals surface area contributed by atoms with Crippen molar-refractivity contribution in [1.82, 2.24) is 0 Å². The van der Waals surface area contributed by atoms with E-state index in [1.54, 1.807) is 24.3 Å². The maximum absolute atomic E-state index is 9.85. The van der Waals surface area contributed by atoms with Gasteiger partial charge in [0.15, 0.2) is 6.29 Å². The Morgan fingerprint density at radius 1 is 1.27 bits per heavy atom. The molecule has 1 aromatic carbocycles. The Balaban J connectivity index is 2.90. The van der Waals surface area contributed by atoms with Gasteiger partial charge in [-0.1, -0.05) is 17.5 Å². The van der Waals surface area contributed by atoms with Gasteiger partial charge in [-0.15, -0.1) is 0 Å². The van der Waals surface area contributed by atoms with E-state index in [2.05, 4.69) is 11.8 Å². The highest BCUT2D eigenvalue weighted by Crippen LogP contribution is 2.07. The third-order valence-corrected chi connectivity index (χ3v) is 1.37. The minimum absolute atomic E-state index is 0.564. The van der Waals surface area contributed by atoms with Gasteiger partial charge >= 0.3 is 0 Å². The van der Waals surface area contributed by atoms with E-state index in [4.69, 9.17) is 11.6 Å². The summed E-state index contributed by atoms with van der Waals surface area (Å²) in [6.45, 7) is 0. The molecule has 0 fully saturated rings. The number of benzene rings is 1. The van der Waals surface area contributed by atoms with Crippen molar-refractivity contribution in [2.45, 2.75) is 0 Å². The van der Waals surface area contributed by atoms with Crippen LogP contribution in [-0.2, 0) is 4.79 Å². The Kier molecular flexibility index (Phi) is 2.71. The number of rotatable bonds is 0. The molecule has 1 rings (SSSR count). The van der Waals surface area contributed by atoms with Crippen LogP contribution in [0.3, 0.4) is 0 Å². The Hall–Kier alpha value is -1.26. The Morgan fingerprint density at radius 2 is 1.91 bits per heavy atom. The molecule has 0 aliphatic rings. The maximum atomic E-state index is 9.85. The SMILES string of the molecule is O=CC#Cc1ccc(Cl)cc1. The van der Waals surface area contributed by atoms with E-state index in [0.717, 1.165) is 5.56 Å². The number of halogens is 1. The lowest BCUT2D eigenvalue weighted by molar-refractivity contribution is -0.103. The van der Waals surface area contributed by atoms with Gasteiger partial charge < -0.3 is 0 Å². The minimum atomic E-state index is 0.564. The molecule has 1 aromatic rings. The number of carbonyl (C=O) groups excluding carboxylic acids is 1. The first kappa shape index (κ1) is 7.84. The molecule has 0 aromatic heterocycles. The van der Waals surface area contributed by atoms with Crippen LogP contribution in [0, 0.1) is 11.8 Å². The number of carbonyl (C=O) groups is 1. The molecule has 0 N–H and O–H groups in total.